The lowest BCUT2D eigenvalue weighted by molar-refractivity contribution is -0.153. The Morgan fingerprint density at radius 1 is 1.43 bits per heavy atom. The summed E-state index contributed by atoms with van der Waals surface area (Å²) in [6.07, 6.45) is 0.109. The van der Waals surface area contributed by atoms with Gasteiger partial charge in [-0.25, -0.2) is 4.79 Å². The van der Waals surface area contributed by atoms with Crippen molar-refractivity contribution in [2.75, 3.05) is 12.3 Å². The van der Waals surface area contributed by atoms with Gasteiger partial charge in [-0.1, -0.05) is 0 Å². The number of piperidine rings is 1. The Hall–Kier alpha value is -0.750. The van der Waals surface area contributed by atoms with E-state index in [9.17, 15) is 14.7 Å². The second kappa shape index (κ2) is 4.65. The lowest BCUT2D eigenvalue weighted by atomic mass is 10.0. The largest absolute Gasteiger partial charge is 0.480 e. The van der Waals surface area contributed by atoms with E-state index in [1.807, 2.05) is 0 Å². The van der Waals surface area contributed by atoms with E-state index < -0.39 is 18.1 Å². The molecule has 2 N–H and O–H groups in total. The van der Waals surface area contributed by atoms with Gasteiger partial charge < -0.3 is 15.1 Å². The molecule has 0 aromatic carbocycles. The number of rotatable bonds is 2. The first-order valence-electron chi connectivity index (χ1n) is 4.37. The van der Waals surface area contributed by atoms with Gasteiger partial charge in [0.25, 0.3) is 0 Å². The van der Waals surface area contributed by atoms with E-state index in [1.54, 1.807) is 0 Å². The van der Waals surface area contributed by atoms with Crippen LogP contribution in [0.1, 0.15) is 12.8 Å². The number of carbonyl (C=O) groups excluding carboxylic acids is 1. The summed E-state index contributed by atoms with van der Waals surface area (Å²) in [5, 5.41) is 18.2. The van der Waals surface area contributed by atoms with E-state index in [-0.39, 0.29) is 18.2 Å². The Morgan fingerprint density at radius 3 is 2.57 bits per heavy atom. The van der Waals surface area contributed by atoms with Crippen molar-refractivity contribution in [2.24, 2.45) is 0 Å². The van der Waals surface area contributed by atoms with Gasteiger partial charge in [0.15, 0.2) is 0 Å². The van der Waals surface area contributed by atoms with Gasteiger partial charge in [0.2, 0.25) is 5.91 Å². The minimum Gasteiger partial charge on any atom is -0.480 e. The number of carboxylic acids is 1. The molecule has 1 rings (SSSR count). The highest BCUT2D eigenvalue weighted by Crippen LogP contribution is 2.18. The molecule has 80 valence electrons. The third-order valence-electron chi connectivity index (χ3n) is 2.30. The zero-order chi connectivity index (χ0) is 10.7. The maximum absolute atomic E-state index is 11.3. The van der Waals surface area contributed by atoms with Gasteiger partial charge >= 0.3 is 5.97 Å². The first-order valence-corrected chi connectivity index (χ1v) is 5.00. The quantitative estimate of drug-likeness (QED) is 0.539. The van der Waals surface area contributed by atoms with E-state index in [1.165, 1.54) is 4.90 Å². The van der Waals surface area contributed by atoms with Crippen molar-refractivity contribution in [2.45, 2.75) is 25.0 Å². The summed E-state index contributed by atoms with van der Waals surface area (Å²) in [6, 6.07) is -0.807. The number of likely N-dealkylation sites (tertiary alicyclic amines) is 1. The van der Waals surface area contributed by atoms with Crippen molar-refractivity contribution in [3.8, 4) is 0 Å². The number of aliphatic carboxylic acids is 1. The number of β-amino-alcohol motifs (C(OH)–C–C–N with tert-alkyl or cyclic N) is 1. The lowest BCUT2D eigenvalue weighted by Gasteiger charge is -2.35. The second-order valence-electron chi connectivity index (χ2n) is 3.29. The zero-order valence-electron chi connectivity index (χ0n) is 7.59. The molecule has 2 atom stereocenters. The van der Waals surface area contributed by atoms with Gasteiger partial charge in [0.1, 0.15) is 6.04 Å². The van der Waals surface area contributed by atoms with Gasteiger partial charge in [0.05, 0.1) is 11.9 Å². The normalized spacial score (nSPS) is 27.4. The van der Waals surface area contributed by atoms with Crippen LogP contribution in [0.5, 0.6) is 0 Å². The Morgan fingerprint density at radius 2 is 2.07 bits per heavy atom. The Balaban J connectivity index is 2.73. The van der Waals surface area contributed by atoms with Crippen LogP contribution in [0, 0.1) is 0 Å². The molecule has 6 heteroatoms. The minimum absolute atomic E-state index is 0.0313. The minimum atomic E-state index is -1.02. The van der Waals surface area contributed by atoms with Crippen LogP contribution in [0.4, 0.5) is 0 Å². The van der Waals surface area contributed by atoms with Crippen LogP contribution in [-0.4, -0.2) is 51.4 Å². The number of aliphatic hydroxyl groups is 1. The highest BCUT2D eigenvalue weighted by atomic mass is 32.1. The summed E-state index contributed by atoms with van der Waals surface area (Å²) < 4.78 is 0. The number of aliphatic hydroxyl groups excluding tert-OH is 1. The molecule has 0 aliphatic carbocycles. The fraction of sp³-hybridized carbons (Fsp3) is 0.750. The molecule has 14 heavy (non-hydrogen) atoms. The summed E-state index contributed by atoms with van der Waals surface area (Å²) in [7, 11) is 0. The fourth-order valence-electron chi connectivity index (χ4n) is 1.57. The lowest BCUT2D eigenvalue weighted by Crippen LogP contribution is -2.52. The van der Waals surface area contributed by atoms with E-state index in [0.717, 1.165) is 0 Å². The molecular weight excluding hydrogens is 206 g/mol. The maximum Gasteiger partial charge on any atom is 0.326 e. The van der Waals surface area contributed by atoms with Crippen LogP contribution in [0.2, 0.25) is 0 Å². The smallest absolute Gasteiger partial charge is 0.326 e. The van der Waals surface area contributed by atoms with Crippen LogP contribution in [0.3, 0.4) is 0 Å². The number of thiol groups is 1. The molecule has 0 aromatic rings. The van der Waals surface area contributed by atoms with E-state index >= 15 is 0 Å². The van der Waals surface area contributed by atoms with Crippen molar-refractivity contribution in [1.82, 2.24) is 4.90 Å². The number of hydrogen-bond donors (Lipinski definition) is 3. The zero-order valence-corrected chi connectivity index (χ0v) is 8.48. The molecule has 0 aromatic heterocycles. The predicted octanol–water partition coefficient (Wildman–Crippen LogP) is -0.647. The first-order chi connectivity index (χ1) is 6.56. The van der Waals surface area contributed by atoms with Crippen LogP contribution in [0.15, 0.2) is 0 Å². The fourth-order valence-corrected chi connectivity index (χ4v) is 1.76. The molecule has 1 fully saturated rings. The monoisotopic (exact) mass is 219 g/mol. The molecule has 0 bridgehead atoms. The molecule has 1 aliphatic heterocycles. The third-order valence-corrected chi connectivity index (χ3v) is 2.57. The van der Waals surface area contributed by atoms with E-state index in [0.29, 0.717) is 12.8 Å². The summed E-state index contributed by atoms with van der Waals surface area (Å²) in [6.45, 7) is 0.0936. The van der Waals surface area contributed by atoms with Crippen molar-refractivity contribution >= 4 is 24.5 Å². The average molecular weight is 219 g/mol. The molecular formula is C8H13NO4S. The molecule has 0 saturated carbocycles. The second-order valence-corrected chi connectivity index (χ2v) is 3.61. The number of hydrogen-bond acceptors (Lipinski definition) is 4. The number of nitrogens with zero attached hydrogens (tertiary/aromatic N) is 1. The number of amides is 1. The third kappa shape index (κ3) is 2.39. The molecule has 1 heterocycles. The Bertz CT molecular complexity index is 245. The molecule has 2 unspecified atom stereocenters. The van der Waals surface area contributed by atoms with Crippen molar-refractivity contribution in [3.63, 3.8) is 0 Å². The number of carboxylic acid groups (broad SMARTS) is 1. The maximum atomic E-state index is 11.3. The van der Waals surface area contributed by atoms with Crippen LogP contribution in [-0.2, 0) is 9.59 Å². The molecule has 1 saturated heterocycles. The summed E-state index contributed by atoms with van der Waals surface area (Å²) in [5.41, 5.74) is 0. The SMILES string of the molecule is O=C(O)C1CCC(O)CN1C(=O)CS. The first kappa shape index (κ1) is 11.3. The highest BCUT2D eigenvalue weighted by Gasteiger charge is 2.34. The van der Waals surface area contributed by atoms with Crippen LogP contribution >= 0.6 is 12.6 Å². The van der Waals surface area contributed by atoms with Gasteiger partial charge in [0, 0.05) is 6.54 Å². The molecule has 1 amide bonds. The van der Waals surface area contributed by atoms with Crippen molar-refractivity contribution in [3.05, 3.63) is 0 Å². The van der Waals surface area contributed by atoms with Gasteiger partial charge in [-0.15, -0.1) is 0 Å². The van der Waals surface area contributed by atoms with Crippen LogP contribution < -0.4 is 0 Å². The topological polar surface area (TPSA) is 77.8 Å². The molecule has 0 spiro atoms. The Labute approximate surface area is 87.1 Å². The van der Waals surface area contributed by atoms with E-state index in [4.69, 9.17) is 5.11 Å². The Kier molecular flexibility index (Phi) is 3.77. The molecule has 0 radical (unpaired) electrons. The molecule has 1 aliphatic rings. The standard InChI is InChI=1S/C8H13NO4S/c10-5-1-2-6(8(12)13)9(3-5)7(11)4-14/h5-6,10,14H,1-4H2,(H,12,13). The summed E-state index contributed by atoms with van der Waals surface area (Å²) in [5.74, 6) is -1.40. The van der Waals surface area contributed by atoms with Crippen LogP contribution in [0.25, 0.3) is 0 Å². The molecule has 5 nitrogen and oxygen atoms in total. The number of carbonyl (C=O) groups is 2. The van der Waals surface area contributed by atoms with E-state index in [2.05, 4.69) is 12.6 Å². The van der Waals surface area contributed by atoms with Crippen molar-refractivity contribution in [1.29, 1.82) is 0 Å². The average Bonchev–Trinajstić information content (AvgIpc) is 2.16. The highest BCUT2D eigenvalue weighted by molar-refractivity contribution is 7.81. The summed E-state index contributed by atoms with van der Waals surface area (Å²) >= 11 is 3.80. The summed E-state index contributed by atoms with van der Waals surface area (Å²) in [4.78, 5) is 23.3. The van der Waals surface area contributed by atoms with Gasteiger partial charge in [-0.05, 0) is 12.8 Å². The van der Waals surface area contributed by atoms with Gasteiger partial charge in [-0.2, -0.15) is 12.6 Å². The predicted molar refractivity (Wildman–Crippen MR) is 52.2 cm³/mol. The van der Waals surface area contributed by atoms with Gasteiger partial charge in [-0.3, -0.25) is 4.79 Å². The van der Waals surface area contributed by atoms with Crippen molar-refractivity contribution < 1.29 is 19.8 Å².